The maximum atomic E-state index is 13.3. The van der Waals surface area contributed by atoms with Crippen LogP contribution in [0.25, 0.3) is 0 Å². The molecule has 10 heteroatoms. The SMILES string of the molecule is O=C(OC[C@H]1OC(Br)[C@@H](OC(=O)c2ccccc2)[C@@H](OC(=O)c2ccccc2)[C@@H]1OC(=O)c1ccccc1)c1ccccc1. The molecule has 1 saturated heterocycles. The number of esters is 4. The molecule has 0 amide bonds. The number of halogens is 1. The van der Waals surface area contributed by atoms with Crippen LogP contribution in [0.4, 0.5) is 0 Å². The van der Waals surface area contributed by atoms with Gasteiger partial charge >= 0.3 is 23.9 Å². The van der Waals surface area contributed by atoms with Crippen molar-refractivity contribution in [1.29, 1.82) is 0 Å². The summed E-state index contributed by atoms with van der Waals surface area (Å²) in [5, 5.41) is -1.05. The highest BCUT2D eigenvalue weighted by Gasteiger charge is 2.52. The minimum Gasteiger partial charge on any atom is -0.459 e. The molecule has 5 rings (SSSR count). The Morgan fingerprint density at radius 2 is 0.841 bits per heavy atom. The van der Waals surface area contributed by atoms with Crippen LogP contribution in [0.15, 0.2) is 121 Å². The zero-order valence-corrected chi connectivity index (χ0v) is 24.8. The number of hydrogen-bond acceptors (Lipinski definition) is 9. The van der Waals surface area contributed by atoms with Crippen molar-refractivity contribution >= 4 is 39.8 Å². The second-order valence-corrected chi connectivity index (χ2v) is 10.6. The van der Waals surface area contributed by atoms with E-state index in [0.717, 1.165) is 0 Å². The van der Waals surface area contributed by atoms with Crippen molar-refractivity contribution in [2.75, 3.05) is 6.61 Å². The Morgan fingerprint density at radius 1 is 0.500 bits per heavy atom. The average molecular weight is 659 g/mol. The van der Waals surface area contributed by atoms with Gasteiger partial charge in [-0.15, -0.1) is 0 Å². The van der Waals surface area contributed by atoms with E-state index in [1.807, 2.05) is 0 Å². The summed E-state index contributed by atoms with van der Waals surface area (Å²) in [4.78, 5) is 52.6. The third-order valence-electron chi connectivity index (χ3n) is 6.72. The Labute approximate surface area is 261 Å². The molecule has 0 N–H and O–H groups in total. The van der Waals surface area contributed by atoms with Crippen molar-refractivity contribution in [3.63, 3.8) is 0 Å². The van der Waals surface area contributed by atoms with Crippen LogP contribution in [0.5, 0.6) is 0 Å². The molecule has 1 unspecified atom stereocenters. The molecule has 0 saturated carbocycles. The van der Waals surface area contributed by atoms with Gasteiger partial charge in [0.25, 0.3) is 0 Å². The Kier molecular flexibility index (Phi) is 10.2. The highest BCUT2D eigenvalue weighted by atomic mass is 79.9. The van der Waals surface area contributed by atoms with Gasteiger partial charge in [-0.3, -0.25) is 0 Å². The van der Waals surface area contributed by atoms with E-state index in [9.17, 15) is 19.2 Å². The zero-order valence-electron chi connectivity index (χ0n) is 23.2. The van der Waals surface area contributed by atoms with Gasteiger partial charge in [-0.2, -0.15) is 0 Å². The van der Waals surface area contributed by atoms with E-state index in [-0.39, 0.29) is 23.3 Å². The molecule has 9 nitrogen and oxygen atoms in total. The van der Waals surface area contributed by atoms with Gasteiger partial charge in [0, 0.05) is 0 Å². The molecule has 4 aromatic rings. The topological polar surface area (TPSA) is 114 Å². The summed E-state index contributed by atoms with van der Waals surface area (Å²) in [6.45, 7) is -0.374. The van der Waals surface area contributed by atoms with Crippen molar-refractivity contribution in [2.24, 2.45) is 0 Å². The number of alkyl halides is 1. The smallest absolute Gasteiger partial charge is 0.338 e. The number of ether oxygens (including phenoxy) is 5. The van der Waals surface area contributed by atoms with Crippen molar-refractivity contribution < 1.29 is 42.9 Å². The van der Waals surface area contributed by atoms with Crippen LogP contribution in [0.3, 0.4) is 0 Å². The first-order valence-electron chi connectivity index (χ1n) is 13.7. The van der Waals surface area contributed by atoms with Crippen molar-refractivity contribution in [2.45, 2.75) is 29.4 Å². The lowest BCUT2D eigenvalue weighted by atomic mass is 9.99. The number of rotatable bonds is 9. The van der Waals surface area contributed by atoms with E-state index in [1.54, 1.807) is 121 Å². The Hall–Kier alpha value is -4.80. The predicted octanol–water partition coefficient (Wildman–Crippen LogP) is 5.64. The van der Waals surface area contributed by atoms with Crippen LogP contribution >= 0.6 is 15.9 Å². The van der Waals surface area contributed by atoms with Crippen LogP contribution in [-0.2, 0) is 23.7 Å². The van der Waals surface area contributed by atoms with Gasteiger partial charge in [-0.25, -0.2) is 19.2 Å². The lowest BCUT2D eigenvalue weighted by Gasteiger charge is -2.43. The monoisotopic (exact) mass is 658 g/mol. The highest BCUT2D eigenvalue weighted by Crippen LogP contribution is 2.33. The first-order valence-corrected chi connectivity index (χ1v) is 14.6. The van der Waals surface area contributed by atoms with E-state index in [1.165, 1.54) is 0 Å². The van der Waals surface area contributed by atoms with E-state index in [0.29, 0.717) is 5.56 Å². The summed E-state index contributed by atoms with van der Waals surface area (Å²) < 4.78 is 29.3. The molecule has 224 valence electrons. The lowest BCUT2D eigenvalue weighted by molar-refractivity contribution is -0.205. The van der Waals surface area contributed by atoms with Crippen LogP contribution in [0.1, 0.15) is 41.4 Å². The van der Waals surface area contributed by atoms with Gasteiger partial charge in [-0.05, 0) is 48.5 Å². The standard InChI is InChI=1S/C34H27BrO9/c35-30-29(44-34(39)25-19-11-4-12-20-25)28(43-33(38)24-17-9-3-10-18-24)27(42-32(37)23-15-7-2-8-16-23)26(41-30)21-40-31(36)22-13-5-1-6-14-22/h1-20,26-30H,21H2/t26-,27-,28+,29+,30?/m1/s1. The van der Waals surface area contributed by atoms with Gasteiger partial charge in [0.15, 0.2) is 23.3 Å². The molecular formula is C34H27BrO9. The quantitative estimate of drug-likeness (QED) is 0.128. The maximum Gasteiger partial charge on any atom is 0.338 e. The van der Waals surface area contributed by atoms with Crippen LogP contribution in [0.2, 0.25) is 0 Å². The van der Waals surface area contributed by atoms with Crippen molar-refractivity contribution in [3.8, 4) is 0 Å². The fourth-order valence-electron chi connectivity index (χ4n) is 4.51. The molecule has 0 aliphatic carbocycles. The molecule has 0 bridgehead atoms. The van der Waals surface area contributed by atoms with E-state index < -0.39 is 53.3 Å². The molecule has 0 aromatic heterocycles. The summed E-state index contributed by atoms with van der Waals surface area (Å²) >= 11 is 3.40. The Morgan fingerprint density at radius 3 is 1.25 bits per heavy atom. The molecule has 0 spiro atoms. The molecule has 1 heterocycles. The van der Waals surface area contributed by atoms with Gasteiger partial charge in [0.2, 0.25) is 0 Å². The highest BCUT2D eigenvalue weighted by molar-refractivity contribution is 9.09. The number of carbonyl (C=O) groups excluding carboxylic acids is 4. The molecule has 1 fully saturated rings. The molecule has 44 heavy (non-hydrogen) atoms. The summed E-state index contributed by atoms with van der Waals surface area (Å²) in [6, 6.07) is 32.9. The van der Waals surface area contributed by atoms with E-state index in [4.69, 9.17) is 23.7 Å². The summed E-state index contributed by atoms with van der Waals surface area (Å²) in [6.07, 6.45) is -5.13. The van der Waals surface area contributed by atoms with Crippen LogP contribution in [-0.4, -0.2) is 59.9 Å². The second-order valence-electron chi connectivity index (χ2n) is 9.70. The minimum atomic E-state index is -1.37. The fraction of sp³-hybridized carbons (Fsp3) is 0.176. The van der Waals surface area contributed by atoms with Gasteiger partial charge in [-0.1, -0.05) is 88.7 Å². The zero-order chi connectivity index (χ0) is 30.9. The summed E-state index contributed by atoms with van der Waals surface area (Å²) in [5.41, 5.74) is 0.994. The largest absolute Gasteiger partial charge is 0.459 e. The third-order valence-corrected chi connectivity index (χ3v) is 7.46. The van der Waals surface area contributed by atoms with E-state index in [2.05, 4.69) is 15.9 Å². The van der Waals surface area contributed by atoms with E-state index >= 15 is 0 Å². The average Bonchev–Trinajstić information content (AvgIpc) is 3.07. The van der Waals surface area contributed by atoms with Gasteiger partial charge < -0.3 is 23.7 Å². The second kappa shape index (κ2) is 14.6. The number of carbonyl (C=O) groups is 4. The van der Waals surface area contributed by atoms with Crippen molar-refractivity contribution in [3.05, 3.63) is 144 Å². The summed E-state index contributed by atoms with van der Waals surface area (Å²) in [5.74, 6) is -2.85. The predicted molar refractivity (Wildman–Crippen MR) is 161 cm³/mol. The molecular weight excluding hydrogens is 632 g/mol. The molecule has 5 atom stereocenters. The molecule has 1 aliphatic rings. The van der Waals surface area contributed by atoms with Gasteiger partial charge in [0.1, 0.15) is 12.7 Å². The Bertz CT molecular complexity index is 1570. The van der Waals surface area contributed by atoms with Crippen LogP contribution < -0.4 is 0 Å². The van der Waals surface area contributed by atoms with Crippen molar-refractivity contribution in [1.82, 2.24) is 0 Å². The summed E-state index contributed by atoms with van der Waals surface area (Å²) in [7, 11) is 0. The van der Waals surface area contributed by atoms with Gasteiger partial charge in [0.05, 0.1) is 22.3 Å². The third kappa shape index (κ3) is 7.58. The molecule has 1 aliphatic heterocycles. The lowest BCUT2D eigenvalue weighted by Crippen LogP contribution is -2.61. The van der Waals surface area contributed by atoms with Crippen LogP contribution in [0, 0.1) is 0 Å². The molecule has 0 radical (unpaired) electrons. The molecule has 4 aromatic carbocycles. The maximum absolute atomic E-state index is 13.3. The first kappa shape index (κ1) is 30.7. The Balaban J connectivity index is 1.48. The number of benzene rings is 4. The number of hydrogen-bond donors (Lipinski definition) is 0. The first-order chi connectivity index (χ1) is 21.4. The minimum absolute atomic E-state index is 0.221. The normalized spacial score (nSPS) is 21.0. The fourth-order valence-corrected chi connectivity index (χ4v) is 5.20.